The maximum Gasteiger partial charge on any atom is 0.416 e. The molecule has 0 aliphatic carbocycles. The fourth-order valence-corrected chi connectivity index (χ4v) is 2.44. The number of alkyl halides is 3. The van der Waals surface area contributed by atoms with Crippen LogP contribution < -0.4 is 10.6 Å². The Morgan fingerprint density at radius 3 is 2.77 bits per heavy atom. The van der Waals surface area contributed by atoms with Gasteiger partial charge in [0.15, 0.2) is 0 Å². The number of amides is 1. The van der Waals surface area contributed by atoms with Crippen LogP contribution in [-0.2, 0) is 17.5 Å². The highest BCUT2D eigenvalue weighted by molar-refractivity contribution is 5.85. The molecule has 0 saturated carbocycles. The van der Waals surface area contributed by atoms with E-state index in [1.165, 1.54) is 6.07 Å². The molecule has 7 heteroatoms. The minimum Gasteiger partial charge on any atom is -0.352 e. The van der Waals surface area contributed by atoms with Crippen molar-refractivity contribution < 1.29 is 18.0 Å². The van der Waals surface area contributed by atoms with Gasteiger partial charge in [0, 0.05) is 13.0 Å². The molecule has 0 spiro atoms. The molecule has 2 N–H and O–H groups in total. The van der Waals surface area contributed by atoms with Gasteiger partial charge >= 0.3 is 6.18 Å². The lowest BCUT2D eigenvalue weighted by atomic mass is 10.0. The summed E-state index contributed by atoms with van der Waals surface area (Å²) in [6.07, 6.45) is -2.02. The van der Waals surface area contributed by atoms with Crippen molar-refractivity contribution in [1.29, 1.82) is 0 Å². The summed E-state index contributed by atoms with van der Waals surface area (Å²) >= 11 is 0. The molecule has 1 heterocycles. The number of nitrogens with one attached hydrogen (secondary N) is 2. The van der Waals surface area contributed by atoms with Crippen LogP contribution in [0.3, 0.4) is 0 Å². The third-order valence-corrected chi connectivity index (χ3v) is 3.69. The van der Waals surface area contributed by atoms with Crippen LogP contribution in [0.4, 0.5) is 13.2 Å². The second-order valence-electron chi connectivity index (χ2n) is 5.37. The van der Waals surface area contributed by atoms with Crippen LogP contribution in [0.25, 0.3) is 0 Å². The number of carbonyl (C=O) groups is 1. The Morgan fingerprint density at radius 1 is 1.36 bits per heavy atom. The van der Waals surface area contributed by atoms with Crippen LogP contribution in [0.15, 0.2) is 24.3 Å². The average molecular weight is 337 g/mol. The quantitative estimate of drug-likeness (QED) is 0.867. The van der Waals surface area contributed by atoms with Gasteiger partial charge in [-0.15, -0.1) is 12.4 Å². The fraction of sp³-hybridized carbons (Fsp3) is 0.533. The first-order chi connectivity index (χ1) is 9.95. The van der Waals surface area contributed by atoms with Crippen LogP contribution in [0.2, 0.25) is 0 Å². The van der Waals surface area contributed by atoms with Crippen molar-refractivity contribution >= 4 is 18.3 Å². The highest BCUT2D eigenvalue weighted by atomic mass is 35.5. The molecule has 1 aromatic carbocycles. The Hall–Kier alpha value is -1.27. The minimum absolute atomic E-state index is 0. The molecular weight excluding hydrogens is 317 g/mol. The summed E-state index contributed by atoms with van der Waals surface area (Å²) in [6.45, 7) is 2.07. The van der Waals surface area contributed by atoms with Crippen molar-refractivity contribution in [2.75, 3.05) is 13.1 Å². The molecule has 0 bridgehead atoms. The lowest BCUT2D eigenvalue weighted by Crippen LogP contribution is -2.23. The topological polar surface area (TPSA) is 41.1 Å². The second-order valence-corrected chi connectivity index (χ2v) is 5.37. The number of halogens is 4. The Balaban J connectivity index is 0.00000242. The standard InChI is InChI=1S/C15H19F3N2O.ClH/c16-15(17,18)13-3-1-2-12(8-13)10-20-14(21)5-4-11-6-7-19-9-11;/h1-3,8,11,19H,4-7,9-10H2,(H,20,21);1H. The third-order valence-electron chi connectivity index (χ3n) is 3.69. The molecule has 1 amide bonds. The fourth-order valence-electron chi connectivity index (χ4n) is 2.44. The van der Waals surface area contributed by atoms with Gasteiger partial charge < -0.3 is 10.6 Å². The van der Waals surface area contributed by atoms with Gasteiger partial charge in [0.25, 0.3) is 0 Å². The summed E-state index contributed by atoms with van der Waals surface area (Å²) < 4.78 is 37.7. The smallest absolute Gasteiger partial charge is 0.352 e. The number of benzene rings is 1. The van der Waals surface area contributed by atoms with E-state index in [4.69, 9.17) is 0 Å². The molecule has 1 aliphatic heterocycles. The van der Waals surface area contributed by atoms with E-state index in [0.29, 0.717) is 17.9 Å². The highest BCUT2D eigenvalue weighted by Gasteiger charge is 2.30. The van der Waals surface area contributed by atoms with E-state index in [2.05, 4.69) is 10.6 Å². The number of carbonyl (C=O) groups excluding carboxylic acids is 1. The van der Waals surface area contributed by atoms with Crippen LogP contribution in [0, 0.1) is 5.92 Å². The van der Waals surface area contributed by atoms with E-state index < -0.39 is 11.7 Å². The van der Waals surface area contributed by atoms with Gasteiger partial charge in [-0.05, 0) is 49.5 Å². The predicted molar refractivity (Wildman–Crippen MR) is 80.7 cm³/mol. The summed E-state index contributed by atoms with van der Waals surface area (Å²) in [7, 11) is 0. The summed E-state index contributed by atoms with van der Waals surface area (Å²) in [5.41, 5.74) is -0.230. The summed E-state index contributed by atoms with van der Waals surface area (Å²) in [6, 6.07) is 5.03. The van der Waals surface area contributed by atoms with E-state index in [9.17, 15) is 18.0 Å². The zero-order valence-electron chi connectivity index (χ0n) is 12.1. The van der Waals surface area contributed by atoms with Crippen molar-refractivity contribution in [3.63, 3.8) is 0 Å². The van der Waals surface area contributed by atoms with Gasteiger partial charge in [0.1, 0.15) is 0 Å². The molecule has 1 fully saturated rings. The molecule has 0 aromatic heterocycles. The molecule has 1 aliphatic rings. The predicted octanol–water partition coefficient (Wildman–Crippen LogP) is 3.13. The largest absolute Gasteiger partial charge is 0.416 e. The van der Waals surface area contributed by atoms with Crippen LogP contribution in [0.1, 0.15) is 30.4 Å². The monoisotopic (exact) mass is 336 g/mol. The lowest BCUT2D eigenvalue weighted by Gasteiger charge is -2.10. The van der Waals surface area contributed by atoms with Crippen molar-refractivity contribution in [2.45, 2.75) is 32.0 Å². The summed E-state index contributed by atoms with van der Waals surface area (Å²) in [5.74, 6) is 0.420. The van der Waals surface area contributed by atoms with Crippen LogP contribution >= 0.6 is 12.4 Å². The number of rotatable bonds is 5. The first-order valence-corrected chi connectivity index (χ1v) is 7.08. The molecule has 2 rings (SSSR count). The first kappa shape index (κ1) is 18.8. The molecule has 1 aromatic rings. The number of hydrogen-bond donors (Lipinski definition) is 2. The Labute approximate surface area is 134 Å². The molecular formula is C15H20ClF3N2O. The Bertz CT molecular complexity index is 488. The van der Waals surface area contributed by atoms with E-state index in [-0.39, 0.29) is 24.9 Å². The second kappa shape index (κ2) is 8.39. The highest BCUT2D eigenvalue weighted by Crippen LogP contribution is 2.29. The summed E-state index contributed by atoms with van der Waals surface area (Å²) in [5, 5.41) is 5.91. The molecule has 124 valence electrons. The molecule has 1 atom stereocenters. The van der Waals surface area contributed by atoms with Gasteiger partial charge in [-0.2, -0.15) is 13.2 Å². The van der Waals surface area contributed by atoms with Gasteiger partial charge in [-0.25, -0.2) is 0 Å². The van der Waals surface area contributed by atoms with Crippen molar-refractivity contribution in [3.05, 3.63) is 35.4 Å². The summed E-state index contributed by atoms with van der Waals surface area (Å²) in [4.78, 5) is 11.7. The van der Waals surface area contributed by atoms with Gasteiger partial charge in [-0.1, -0.05) is 12.1 Å². The van der Waals surface area contributed by atoms with Gasteiger partial charge in [0.2, 0.25) is 5.91 Å². The molecule has 1 saturated heterocycles. The zero-order valence-corrected chi connectivity index (χ0v) is 12.9. The average Bonchev–Trinajstić information content (AvgIpc) is 2.95. The third kappa shape index (κ3) is 5.85. The maximum atomic E-state index is 12.6. The molecule has 0 radical (unpaired) electrons. The number of hydrogen-bond acceptors (Lipinski definition) is 2. The normalized spacial score (nSPS) is 17.9. The van der Waals surface area contributed by atoms with Crippen molar-refractivity contribution in [3.8, 4) is 0 Å². The van der Waals surface area contributed by atoms with Gasteiger partial charge in [0.05, 0.1) is 5.56 Å². The molecule has 3 nitrogen and oxygen atoms in total. The Morgan fingerprint density at radius 2 is 2.14 bits per heavy atom. The van der Waals surface area contributed by atoms with E-state index >= 15 is 0 Å². The van der Waals surface area contributed by atoms with E-state index in [1.54, 1.807) is 6.07 Å². The zero-order chi connectivity index (χ0) is 15.3. The first-order valence-electron chi connectivity index (χ1n) is 7.08. The SMILES string of the molecule is Cl.O=C(CCC1CCNC1)NCc1cccc(C(F)(F)F)c1. The van der Waals surface area contributed by atoms with E-state index in [1.807, 2.05) is 0 Å². The Kier molecular flexibility index (Phi) is 7.16. The molecule has 22 heavy (non-hydrogen) atoms. The maximum absolute atomic E-state index is 12.6. The van der Waals surface area contributed by atoms with E-state index in [0.717, 1.165) is 38.1 Å². The van der Waals surface area contributed by atoms with Crippen molar-refractivity contribution in [2.24, 2.45) is 5.92 Å². The van der Waals surface area contributed by atoms with Crippen LogP contribution in [0.5, 0.6) is 0 Å². The van der Waals surface area contributed by atoms with Gasteiger partial charge in [-0.3, -0.25) is 4.79 Å². The van der Waals surface area contributed by atoms with Crippen molar-refractivity contribution in [1.82, 2.24) is 10.6 Å². The molecule has 1 unspecified atom stereocenters. The van der Waals surface area contributed by atoms with Crippen LogP contribution in [-0.4, -0.2) is 19.0 Å². The minimum atomic E-state index is -4.35. The lowest BCUT2D eigenvalue weighted by molar-refractivity contribution is -0.137.